The van der Waals surface area contributed by atoms with Crippen LogP contribution >= 0.6 is 11.3 Å². The van der Waals surface area contributed by atoms with Crippen molar-refractivity contribution < 1.29 is 17.6 Å². The van der Waals surface area contributed by atoms with Crippen LogP contribution in [0.3, 0.4) is 0 Å². The number of carbonyl (C=O) groups is 1. The maximum Gasteiger partial charge on any atom is 0.261 e. The smallest absolute Gasteiger partial charge is 0.261 e. The minimum atomic E-state index is -3.87. The van der Waals surface area contributed by atoms with Gasteiger partial charge in [0.05, 0.1) is 10.9 Å². The van der Waals surface area contributed by atoms with Crippen molar-refractivity contribution >= 4 is 33.0 Å². The first-order valence-electron chi connectivity index (χ1n) is 9.31. The van der Waals surface area contributed by atoms with Crippen LogP contribution in [0.2, 0.25) is 0 Å². The lowest BCUT2D eigenvalue weighted by Gasteiger charge is -2.15. The molecule has 1 heterocycles. The van der Waals surface area contributed by atoms with Crippen LogP contribution in [0.25, 0.3) is 0 Å². The van der Waals surface area contributed by atoms with E-state index in [0.717, 1.165) is 16.8 Å². The summed E-state index contributed by atoms with van der Waals surface area (Å²) in [5.74, 6) is -0.735. The van der Waals surface area contributed by atoms with Crippen molar-refractivity contribution in [3.8, 4) is 0 Å². The van der Waals surface area contributed by atoms with E-state index in [9.17, 15) is 17.6 Å². The van der Waals surface area contributed by atoms with Crippen LogP contribution < -0.4 is 10.0 Å². The molecule has 1 amide bonds. The number of hydrogen-bond acceptors (Lipinski definition) is 5. The quantitative estimate of drug-likeness (QED) is 0.555. The minimum Gasteiger partial charge on any atom is -0.343 e. The number of sulfonamides is 1. The molecule has 0 radical (unpaired) electrons. The lowest BCUT2D eigenvalue weighted by molar-refractivity contribution is 0.0935. The molecule has 0 saturated heterocycles. The van der Waals surface area contributed by atoms with E-state index in [-0.39, 0.29) is 22.4 Å². The second-order valence-electron chi connectivity index (χ2n) is 6.86. The molecule has 0 saturated carbocycles. The van der Waals surface area contributed by atoms with Gasteiger partial charge in [0.1, 0.15) is 10.8 Å². The van der Waals surface area contributed by atoms with E-state index in [1.165, 1.54) is 42.5 Å². The molecule has 3 aromatic rings. The van der Waals surface area contributed by atoms with E-state index < -0.39 is 15.8 Å². The highest BCUT2D eigenvalue weighted by molar-refractivity contribution is 7.92. The number of rotatable bonds is 7. The molecule has 0 aliphatic rings. The molecule has 30 heavy (non-hydrogen) atoms. The van der Waals surface area contributed by atoms with Gasteiger partial charge in [0.2, 0.25) is 0 Å². The Labute approximate surface area is 179 Å². The Morgan fingerprint density at radius 2 is 1.87 bits per heavy atom. The highest BCUT2D eigenvalue weighted by Gasteiger charge is 2.18. The Hall–Kier alpha value is -2.78. The van der Waals surface area contributed by atoms with Gasteiger partial charge in [0.25, 0.3) is 15.9 Å². The highest BCUT2D eigenvalue weighted by atomic mass is 32.2. The topological polar surface area (TPSA) is 88.2 Å². The number of carbonyl (C=O) groups excluding carboxylic acids is 1. The third-order valence-electron chi connectivity index (χ3n) is 4.49. The average molecular weight is 448 g/mol. The fourth-order valence-corrected chi connectivity index (χ4v) is 4.87. The van der Waals surface area contributed by atoms with Gasteiger partial charge < -0.3 is 5.32 Å². The second kappa shape index (κ2) is 8.93. The maximum absolute atomic E-state index is 13.4. The molecular formula is C21H22FN3O3S2. The van der Waals surface area contributed by atoms with Gasteiger partial charge in [-0.05, 0) is 68.3 Å². The molecule has 0 spiro atoms. The van der Waals surface area contributed by atoms with Gasteiger partial charge in [-0.15, -0.1) is 11.3 Å². The Kier molecular flexibility index (Phi) is 6.52. The van der Waals surface area contributed by atoms with E-state index >= 15 is 0 Å². The number of thiazole rings is 1. The largest absolute Gasteiger partial charge is 0.343 e. The Morgan fingerprint density at radius 1 is 1.17 bits per heavy atom. The predicted molar refractivity (Wildman–Crippen MR) is 116 cm³/mol. The van der Waals surface area contributed by atoms with Crippen molar-refractivity contribution in [1.82, 2.24) is 10.3 Å². The summed E-state index contributed by atoms with van der Waals surface area (Å²) in [6.07, 6.45) is 0.702. The molecule has 2 N–H and O–H groups in total. The number of benzene rings is 2. The molecule has 0 fully saturated rings. The first kappa shape index (κ1) is 21.9. The summed E-state index contributed by atoms with van der Waals surface area (Å²) >= 11 is 1.50. The van der Waals surface area contributed by atoms with Crippen LogP contribution in [0.15, 0.2) is 52.7 Å². The normalized spacial score (nSPS) is 12.4. The number of aryl methyl sites for hydroxylation is 2. The van der Waals surface area contributed by atoms with Crippen molar-refractivity contribution in [2.75, 3.05) is 4.72 Å². The van der Waals surface area contributed by atoms with Crippen molar-refractivity contribution in [3.63, 3.8) is 0 Å². The standard InChI is InChI=1S/C21H22FN3O3S2/c1-4-19(21-23-14(3)12-29-21)24-20(26)15-5-7-16(8-6-15)25-30(27,28)17-9-10-18(22)13(2)11-17/h5-12,19,25H,4H2,1-3H3,(H,24,26). The number of nitrogens with zero attached hydrogens (tertiary/aromatic N) is 1. The summed E-state index contributed by atoms with van der Waals surface area (Å²) in [5, 5.41) is 5.74. The first-order valence-corrected chi connectivity index (χ1v) is 11.7. The van der Waals surface area contributed by atoms with Crippen LogP contribution in [0, 0.1) is 19.7 Å². The first-order chi connectivity index (χ1) is 14.2. The summed E-state index contributed by atoms with van der Waals surface area (Å²) in [6.45, 7) is 5.37. The Balaban J connectivity index is 1.70. The molecule has 158 valence electrons. The molecule has 0 aliphatic heterocycles. The van der Waals surface area contributed by atoms with Crippen LogP contribution in [0.5, 0.6) is 0 Å². The fraction of sp³-hybridized carbons (Fsp3) is 0.238. The monoisotopic (exact) mass is 447 g/mol. The number of aromatic nitrogens is 1. The zero-order chi connectivity index (χ0) is 21.9. The molecule has 2 aromatic carbocycles. The molecule has 1 atom stereocenters. The van der Waals surface area contributed by atoms with Gasteiger partial charge in [-0.1, -0.05) is 6.92 Å². The van der Waals surface area contributed by atoms with Gasteiger partial charge in [-0.2, -0.15) is 0 Å². The average Bonchev–Trinajstić information content (AvgIpc) is 3.14. The summed E-state index contributed by atoms with van der Waals surface area (Å²) in [7, 11) is -3.87. The summed E-state index contributed by atoms with van der Waals surface area (Å²) in [5.41, 5.74) is 1.86. The van der Waals surface area contributed by atoms with Crippen LogP contribution in [0.1, 0.15) is 46.0 Å². The third-order valence-corrected chi connectivity index (χ3v) is 6.94. The van der Waals surface area contributed by atoms with Crippen LogP contribution in [-0.2, 0) is 10.0 Å². The van der Waals surface area contributed by atoms with E-state index in [0.29, 0.717) is 17.7 Å². The molecule has 0 bridgehead atoms. The lowest BCUT2D eigenvalue weighted by atomic mass is 10.1. The van der Waals surface area contributed by atoms with E-state index in [1.54, 1.807) is 12.1 Å². The zero-order valence-corrected chi connectivity index (χ0v) is 18.4. The number of hydrogen-bond donors (Lipinski definition) is 2. The predicted octanol–water partition coefficient (Wildman–Crippen LogP) is 4.58. The fourth-order valence-electron chi connectivity index (χ4n) is 2.80. The van der Waals surface area contributed by atoms with Crippen molar-refractivity contribution in [3.05, 3.63) is 75.5 Å². The molecule has 1 aromatic heterocycles. The van der Waals surface area contributed by atoms with Crippen LogP contribution in [-0.4, -0.2) is 19.3 Å². The number of halogens is 1. The lowest BCUT2D eigenvalue weighted by Crippen LogP contribution is -2.28. The van der Waals surface area contributed by atoms with Gasteiger partial charge >= 0.3 is 0 Å². The van der Waals surface area contributed by atoms with E-state index in [4.69, 9.17) is 0 Å². The van der Waals surface area contributed by atoms with Gasteiger partial charge in [-0.3, -0.25) is 9.52 Å². The van der Waals surface area contributed by atoms with Crippen LogP contribution in [0.4, 0.5) is 10.1 Å². The molecule has 1 unspecified atom stereocenters. The van der Waals surface area contributed by atoms with E-state index in [2.05, 4.69) is 15.0 Å². The Morgan fingerprint density at radius 3 is 2.43 bits per heavy atom. The molecular weight excluding hydrogens is 425 g/mol. The van der Waals surface area contributed by atoms with Gasteiger partial charge in [-0.25, -0.2) is 17.8 Å². The summed E-state index contributed by atoms with van der Waals surface area (Å²) < 4.78 is 40.9. The van der Waals surface area contributed by atoms with Gasteiger partial charge in [0.15, 0.2) is 0 Å². The zero-order valence-electron chi connectivity index (χ0n) is 16.8. The van der Waals surface area contributed by atoms with E-state index in [1.807, 2.05) is 19.2 Å². The van der Waals surface area contributed by atoms with Crippen molar-refractivity contribution in [1.29, 1.82) is 0 Å². The SMILES string of the molecule is CCC(NC(=O)c1ccc(NS(=O)(=O)c2ccc(F)c(C)c2)cc1)c1nc(C)cs1. The number of amides is 1. The van der Waals surface area contributed by atoms with Gasteiger partial charge in [0, 0.05) is 22.3 Å². The Bertz CT molecular complexity index is 1160. The molecule has 3 rings (SSSR count). The maximum atomic E-state index is 13.4. The third kappa shape index (κ3) is 5.03. The molecule has 6 nitrogen and oxygen atoms in total. The summed E-state index contributed by atoms with van der Waals surface area (Å²) in [4.78, 5) is 17.0. The molecule has 9 heteroatoms. The second-order valence-corrected chi connectivity index (χ2v) is 9.43. The molecule has 0 aliphatic carbocycles. The minimum absolute atomic E-state index is 0.0345. The highest BCUT2D eigenvalue weighted by Crippen LogP contribution is 2.22. The number of anilines is 1. The van der Waals surface area contributed by atoms with Crippen molar-refractivity contribution in [2.45, 2.75) is 38.1 Å². The number of nitrogens with one attached hydrogen (secondary N) is 2. The summed E-state index contributed by atoms with van der Waals surface area (Å²) in [6, 6.07) is 9.52. The van der Waals surface area contributed by atoms with Crippen molar-refractivity contribution in [2.24, 2.45) is 0 Å².